The van der Waals surface area contributed by atoms with Crippen LogP contribution < -0.4 is 5.32 Å². The van der Waals surface area contributed by atoms with Crippen molar-refractivity contribution in [1.29, 1.82) is 0 Å². The van der Waals surface area contributed by atoms with E-state index in [2.05, 4.69) is 48.6 Å². The zero-order valence-corrected chi connectivity index (χ0v) is 18.8. The molecule has 2 amide bonds. The molecular formula is C27H32N2O2. The van der Waals surface area contributed by atoms with Crippen molar-refractivity contribution in [1.82, 2.24) is 4.90 Å². The molecule has 2 aromatic rings. The maximum Gasteiger partial charge on any atom is 0.250 e. The highest BCUT2D eigenvalue weighted by molar-refractivity contribution is 6.02. The summed E-state index contributed by atoms with van der Waals surface area (Å²) in [7, 11) is 0. The summed E-state index contributed by atoms with van der Waals surface area (Å²) in [6.07, 6.45) is 5.21. The molecular weight excluding hydrogens is 384 g/mol. The largest absolute Gasteiger partial charge is 0.327 e. The van der Waals surface area contributed by atoms with Gasteiger partial charge in [0.1, 0.15) is 5.54 Å². The Bertz CT molecular complexity index is 1040. The minimum Gasteiger partial charge on any atom is -0.327 e. The summed E-state index contributed by atoms with van der Waals surface area (Å²) in [6.45, 7) is 6.87. The van der Waals surface area contributed by atoms with Gasteiger partial charge in [-0.25, -0.2) is 0 Å². The molecule has 4 nitrogen and oxygen atoms in total. The molecule has 2 aliphatic carbocycles. The zero-order valence-electron chi connectivity index (χ0n) is 18.8. The average Bonchev–Trinajstić information content (AvgIpc) is 2.73. The molecule has 3 aliphatic rings. The van der Waals surface area contributed by atoms with Crippen LogP contribution in [-0.2, 0) is 22.4 Å². The number of carbonyl (C=O) groups excluding carboxylic acids is 2. The third-order valence-electron chi connectivity index (χ3n) is 7.98. The van der Waals surface area contributed by atoms with Gasteiger partial charge in [0.05, 0.1) is 0 Å². The number of nitrogens with one attached hydrogen (secondary N) is 1. The molecule has 1 saturated carbocycles. The number of nitrogens with zero attached hydrogens (tertiary/aromatic N) is 1. The monoisotopic (exact) mass is 416 g/mol. The van der Waals surface area contributed by atoms with Gasteiger partial charge in [-0.15, -0.1) is 0 Å². The maximum absolute atomic E-state index is 13.9. The van der Waals surface area contributed by atoms with Gasteiger partial charge in [-0.3, -0.25) is 9.59 Å². The third-order valence-corrected chi connectivity index (χ3v) is 7.98. The van der Waals surface area contributed by atoms with Crippen molar-refractivity contribution < 1.29 is 9.59 Å². The third kappa shape index (κ3) is 3.37. The van der Waals surface area contributed by atoms with E-state index < -0.39 is 5.54 Å². The van der Waals surface area contributed by atoms with Crippen LogP contribution in [0.2, 0.25) is 0 Å². The van der Waals surface area contributed by atoms with Gasteiger partial charge < -0.3 is 10.2 Å². The van der Waals surface area contributed by atoms with E-state index >= 15 is 0 Å². The summed E-state index contributed by atoms with van der Waals surface area (Å²) >= 11 is 0. The van der Waals surface area contributed by atoms with Crippen LogP contribution in [0.25, 0.3) is 0 Å². The molecule has 0 bridgehead atoms. The highest BCUT2D eigenvalue weighted by Gasteiger charge is 2.54. The second-order valence-electron chi connectivity index (χ2n) is 9.99. The van der Waals surface area contributed by atoms with Gasteiger partial charge in [-0.05, 0) is 87.0 Å². The van der Waals surface area contributed by atoms with Gasteiger partial charge in [0.15, 0.2) is 0 Å². The van der Waals surface area contributed by atoms with Crippen molar-refractivity contribution in [2.45, 2.75) is 64.8 Å². The Hall–Kier alpha value is -2.62. The van der Waals surface area contributed by atoms with E-state index in [0.717, 1.165) is 48.9 Å². The van der Waals surface area contributed by atoms with E-state index in [0.29, 0.717) is 24.8 Å². The fourth-order valence-corrected chi connectivity index (χ4v) is 6.34. The van der Waals surface area contributed by atoms with Gasteiger partial charge in [0.25, 0.3) is 0 Å². The van der Waals surface area contributed by atoms with Gasteiger partial charge in [0, 0.05) is 18.7 Å². The summed E-state index contributed by atoms with van der Waals surface area (Å²) in [6, 6.07) is 12.9. The van der Waals surface area contributed by atoms with Crippen LogP contribution in [0.5, 0.6) is 0 Å². The molecule has 1 saturated heterocycles. The van der Waals surface area contributed by atoms with Crippen molar-refractivity contribution in [2.24, 2.45) is 11.8 Å². The van der Waals surface area contributed by atoms with E-state index in [-0.39, 0.29) is 11.8 Å². The molecule has 1 heterocycles. The molecule has 1 unspecified atom stereocenters. The smallest absolute Gasteiger partial charge is 0.250 e. The lowest BCUT2D eigenvalue weighted by molar-refractivity contribution is -0.159. The normalized spacial score (nSPS) is 27.2. The van der Waals surface area contributed by atoms with Gasteiger partial charge >= 0.3 is 0 Å². The van der Waals surface area contributed by atoms with Crippen molar-refractivity contribution >= 4 is 17.5 Å². The standard InChI is InChI=1S/C27H32N2O2/c1-17-12-18(2)25(19(3)13-17)28-26(31)27(29-11-9-24(29)30)10-8-22-14-20-6-4-5-7-21(20)15-23(22)16-27/h4-7,12-13,22-23H,8-11,14-16H2,1-3H3,(H,28,31)/t22-,23+,27?/m1/s1. The number of anilines is 1. The minimum atomic E-state index is -0.716. The molecule has 1 N–H and O–H groups in total. The Kier molecular flexibility index (Phi) is 4.91. The number of likely N-dealkylation sites (tertiary alicyclic amines) is 1. The molecule has 5 rings (SSSR count). The molecule has 1 aliphatic heterocycles. The highest BCUT2D eigenvalue weighted by Crippen LogP contribution is 2.47. The summed E-state index contributed by atoms with van der Waals surface area (Å²) in [5.74, 6) is 1.19. The molecule has 2 fully saturated rings. The number of benzene rings is 2. The summed E-state index contributed by atoms with van der Waals surface area (Å²) in [5.41, 5.74) is 6.42. The lowest BCUT2D eigenvalue weighted by Gasteiger charge is -2.53. The Labute approximate surface area is 185 Å². The summed E-state index contributed by atoms with van der Waals surface area (Å²) in [4.78, 5) is 28.3. The quantitative estimate of drug-likeness (QED) is 0.735. The molecule has 162 valence electrons. The van der Waals surface area contributed by atoms with E-state index in [1.54, 1.807) is 0 Å². The number of carbonyl (C=O) groups is 2. The van der Waals surface area contributed by atoms with E-state index in [9.17, 15) is 9.59 Å². The number of aryl methyl sites for hydroxylation is 3. The Morgan fingerprint density at radius 3 is 2.26 bits per heavy atom. The van der Waals surface area contributed by atoms with Crippen LogP contribution in [-0.4, -0.2) is 28.8 Å². The number of fused-ring (bicyclic) bond motifs is 2. The molecule has 0 spiro atoms. The predicted octanol–water partition coefficient (Wildman–Crippen LogP) is 4.74. The van der Waals surface area contributed by atoms with Crippen molar-refractivity contribution in [2.75, 3.05) is 11.9 Å². The second kappa shape index (κ2) is 7.51. The first kappa shape index (κ1) is 20.3. The first-order valence-corrected chi connectivity index (χ1v) is 11.6. The number of β-lactam (4-membered cyclic amide) rings is 1. The average molecular weight is 417 g/mol. The number of hydrogen-bond acceptors (Lipinski definition) is 2. The van der Waals surface area contributed by atoms with Crippen LogP contribution in [0.1, 0.15) is 53.5 Å². The van der Waals surface area contributed by atoms with Crippen LogP contribution in [0.4, 0.5) is 5.69 Å². The van der Waals surface area contributed by atoms with E-state index in [4.69, 9.17) is 0 Å². The molecule has 31 heavy (non-hydrogen) atoms. The topological polar surface area (TPSA) is 49.4 Å². The maximum atomic E-state index is 13.9. The Morgan fingerprint density at radius 1 is 1.03 bits per heavy atom. The number of hydrogen-bond donors (Lipinski definition) is 1. The van der Waals surface area contributed by atoms with Gasteiger partial charge in [0.2, 0.25) is 11.8 Å². The lowest BCUT2D eigenvalue weighted by atomic mass is 9.62. The highest BCUT2D eigenvalue weighted by atomic mass is 16.2. The summed E-state index contributed by atoms with van der Waals surface area (Å²) < 4.78 is 0. The Morgan fingerprint density at radius 2 is 1.68 bits per heavy atom. The fourth-order valence-electron chi connectivity index (χ4n) is 6.34. The first-order chi connectivity index (χ1) is 14.9. The fraction of sp³-hybridized carbons (Fsp3) is 0.481. The van der Waals surface area contributed by atoms with Crippen LogP contribution in [0, 0.1) is 32.6 Å². The molecule has 0 radical (unpaired) electrons. The Balaban J connectivity index is 1.46. The van der Waals surface area contributed by atoms with E-state index in [1.165, 1.54) is 16.7 Å². The molecule has 3 atom stereocenters. The molecule has 2 aromatic carbocycles. The van der Waals surface area contributed by atoms with Gasteiger partial charge in [-0.1, -0.05) is 42.0 Å². The summed E-state index contributed by atoms with van der Waals surface area (Å²) in [5, 5.41) is 3.27. The second-order valence-corrected chi connectivity index (χ2v) is 9.99. The minimum absolute atomic E-state index is 0.00733. The van der Waals surface area contributed by atoms with Crippen molar-refractivity contribution in [3.63, 3.8) is 0 Å². The zero-order chi connectivity index (χ0) is 21.8. The number of amides is 2. The molecule has 4 heteroatoms. The van der Waals surface area contributed by atoms with Crippen molar-refractivity contribution in [3.05, 3.63) is 64.2 Å². The van der Waals surface area contributed by atoms with Crippen molar-refractivity contribution in [3.8, 4) is 0 Å². The van der Waals surface area contributed by atoms with Crippen LogP contribution in [0.15, 0.2) is 36.4 Å². The van der Waals surface area contributed by atoms with Gasteiger partial charge in [-0.2, -0.15) is 0 Å². The first-order valence-electron chi connectivity index (χ1n) is 11.6. The SMILES string of the molecule is Cc1cc(C)c(NC(=O)C2(N3CCC3=O)CC[C@@H]3Cc4ccccc4C[C@H]3C2)c(C)c1. The lowest BCUT2D eigenvalue weighted by Crippen LogP contribution is -2.66. The number of rotatable bonds is 3. The van der Waals surface area contributed by atoms with Crippen LogP contribution >= 0.6 is 0 Å². The molecule has 0 aromatic heterocycles. The van der Waals surface area contributed by atoms with E-state index in [1.807, 2.05) is 18.7 Å². The van der Waals surface area contributed by atoms with Crippen LogP contribution in [0.3, 0.4) is 0 Å². The predicted molar refractivity (Wildman–Crippen MR) is 123 cm³/mol.